The average molecular weight is 454 g/mol. The van der Waals surface area contributed by atoms with Crippen molar-refractivity contribution in [2.75, 3.05) is 5.32 Å². The normalized spacial score (nSPS) is 10.3. The molecule has 6 heteroatoms. The van der Waals surface area contributed by atoms with E-state index in [0.717, 1.165) is 8.04 Å². The Labute approximate surface area is 136 Å². The van der Waals surface area contributed by atoms with E-state index < -0.39 is 11.7 Å². The second kappa shape index (κ2) is 6.19. The maximum Gasteiger partial charge on any atom is 0.257 e. The number of anilines is 1. The number of hydrogen-bond acceptors (Lipinski definition) is 1. The summed E-state index contributed by atoms with van der Waals surface area (Å²) in [4.78, 5) is 12.0. The second-order valence-corrected chi connectivity index (χ2v) is 6.27. The molecule has 2 aromatic rings. The maximum atomic E-state index is 13.6. The van der Waals surface area contributed by atoms with Gasteiger partial charge in [0.25, 0.3) is 5.91 Å². The zero-order valence-corrected chi connectivity index (χ0v) is 13.9. The van der Waals surface area contributed by atoms with E-state index in [1.165, 1.54) is 12.1 Å². The molecule has 1 N–H and O–H groups in total. The van der Waals surface area contributed by atoms with Crippen molar-refractivity contribution in [3.8, 4) is 0 Å². The van der Waals surface area contributed by atoms with E-state index in [0.29, 0.717) is 5.02 Å². The lowest BCUT2D eigenvalue weighted by Crippen LogP contribution is -2.13. The lowest BCUT2D eigenvalue weighted by molar-refractivity contribution is 0.102. The largest absolute Gasteiger partial charge is 0.319 e. The van der Waals surface area contributed by atoms with Crippen LogP contribution in [0.25, 0.3) is 0 Å². The van der Waals surface area contributed by atoms with E-state index in [1.807, 2.05) is 22.6 Å². The summed E-state index contributed by atoms with van der Waals surface area (Å²) < 4.78 is 15.1. The number of benzene rings is 2. The molecule has 0 unspecified atom stereocenters. The van der Waals surface area contributed by atoms with Crippen molar-refractivity contribution >= 4 is 61.7 Å². The lowest BCUT2D eigenvalue weighted by Gasteiger charge is -2.08. The highest BCUT2D eigenvalue weighted by Crippen LogP contribution is 2.23. The van der Waals surface area contributed by atoms with E-state index in [1.54, 1.807) is 24.3 Å². The summed E-state index contributed by atoms with van der Waals surface area (Å²) in [5, 5.41) is 2.81. The number of nitrogens with one attached hydrogen (secondary N) is 1. The first kappa shape index (κ1) is 14.7. The number of carbonyl (C=O) groups is 1. The van der Waals surface area contributed by atoms with Crippen molar-refractivity contribution in [2.24, 2.45) is 0 Å². The van der Waals surface area contributed by atoms with Crippen LogP contribution in [0.4, 0.5) is 10.1 Å². The van der Waals surface area contributed by atoms with Crippen molar-refractivity contribution in [3.63, 3.8) is 0 Å². The Kier molecular flexibility index (Phi) is 4.81. The molecule has 2 nitrogen and oxygen atoms in total. The summed E-state index contributed by atoms with van der Waals surface area (Å²) in [6.07, 6.45) is 0. The molecule has 2 rings (SSSR count). The molecule has 0 saturated heterocycles. The van der Waals surface area contributed by atoms with Crippen LogP contribution in [-0.2, 0) is 0 Å². The minimum atomic E-state index is -0.480. The third kappa shape index (κ3) is 3.67. The number of rotatable bonds is 2. The highest BCUT2D eigenvalue weighted by atomic mass is 127. The number of amides is 1. The van der Waals surface area contributed by atoms with Crippen molar-refractivity contribution < 1.29 is 9.18 Å². The molecule has 1 amide bonds. The topological polar surface area (TPSA) is 29.1 Å². The van der Waals surface area contributed by atoms with Gasteiger partial charge in [0.05, 0.1) is 16.3 Å². The fraction of sp³-hybridized carbons (Fsp3) is 0. The van der Waals surface area contributed by atoms with Gasteiger partial charge in [-0.2, -0.15) is 0 Å². The third-order valence-electron chi connectivity index (χ3n) is 2.35. The van der Waals surface area contributed by atoms with Gasteiger partial charge < -0.3 is 5.32 Å². The summed E-state index contributed by atoms with van der Waals surface area (Å²) in [5.74, 6) is -0.933. The predicted molar refractivity (Wildman–Crippen MR) is 86.2 cm³/mol. The molecule has 0 saturated carbocycles. The van der Waals surface area contributed by atoms with Gasteiger partial charge in [-0.15, -0.1) is 0 Å². The summed E-state index contributed by atoms with van der Waals surface area (Å²) in [7, 11) is 0. The van der Waals surface area contributed by atoms with Crippen molar-refractivity contribution in [1.82, 2.24) is 0 Å². The predicted octanol–water partition coefficient (Wildman–Crippen LogP) is 5.10. The summed E-state index contributed by atoms with van der Waals surface area (Å²) in [6.45, 7) is 0. The van der Waals surface area contributed by atoms with Gasteiger partial charge in [0.1, 0.15) is 5.82 Å². The van der Waals surface area contributed by atoms with E-state index in [9.17, 15) is 9.18 Å². The Morgan fingerprint density at radius 3 is 2.68 bits per heavy atom. The van der Waals surface area contributed by atoms with Crippen molar-refractivity contribution in [2.45, 2.75) is 0 Å². The molecule has 2 aromatic carbocycles. The van der Waals surface area contributed by atoms with Crippen molar-refractivity contribution in [3.05, 3.63) is 60.8 Å². The van der Waals surface area contributed by atoms with Crippen LogP contribution < -0.4 is 5.32 Å². The standard InChI is InChI=1S/C13H7BrClFINO/c14-7-1-3-10(15)9(5-7)13(19)18-12-4-2-8(17)6-11(12)16/h1-6H,(H,18,19). The quantitative estimate of drug-likeness (QED) is 0.629. The van der Waals surface area contributed by atoms with Gasteiger partial charge in [0.2, 0.25) is 0 Å². The fourth-order valence-corrected chi connectivity index (χ4v) is 2.47. The Morgan fingerprint density at radius 2 is 2.00 bits per heavy atom. The van der Waals surface area contributed by atoms with Crippen LogP contribution in [0.3, 0.4) is 0 Å². The molecular weight excluding hydrogens is 447 g/mol. The van der Waals surface area contributed by atoms with Gasteiger partial charge in [0.15, 0.2) is 0 Å². The highest BCUT2D eigenvalue weighted by molar-refractivity contribution is 14.1. The van der Waals surface area contributed by atoms with Crippen LogP contribution in [-0.4, -0.2) is 5.91 Å². The van der Waals surface area contributed by atoms with Gasteiger partial charge in [-0.05, 0) is 59.0 Å². The number of halogens is 4. The molecule has 0 fully saturated rings. The molecule has 0 aliphatic carbocycles. The fourth-order valence-electron chi connectivity index (χ4n) is 1.45. The summed E-state index contributed by atoms with van der Waals surface area (Å²) in [6, 6.07) is 9.49. The first-order valence-corrected chi connectivity index (χ1v) is 7.44. The Bertz CT molecular complexity index is 651. The number of hydrogen-bond donors (Lipinski definition) is 1. The van der Waals surface area contributed by atoms with Gasteiger partial charge in [0, 0.05) is 8.04 Å². The van der Waals surface area contributed by atoms with Crippen LogP contribution in [0.5, 0.6) is 0 Å². The molecule has 0 aliphatic heterocycles. The molecular formula is C13H7BrClFINO. The zero-order chi connectivity index (χ0) is 14.0. The van der Waals surface area contributed by atoms with E-state index in [-0.39, 0.29) is 11.3 Å². The van der Waals surface area contributed by atoms with E-state index in [2.05, 4.69) is 21.2 Å². The molecule has 0 radical (unpaired) electrons. The summed E-state index contributed by atoms with van der Waals surface area (Å²) in [5.41, 5.74) is 0.412. The average Bonchev–Trinajstić information content (AvgIpc) is 2.35. The maximum absolute atomic E-state index is 13.6. The molecule has 19 heavy (non-hydrogen) atoms. The molecule has 0 spiro atoms. The van der Waals surface area contributed by atoms with Crippen LogP contribution >= 0.6 is 50.1 Å². The minimum absolute atomic E-state index is 0.126. The van der Waals surface area contributed by atoms with Crippen molar-refractivity contribution in [1.29, 1.82) is 0 Å². The van der Waals surface area contributed by atoms with Gasteiger partial charge >= 0.3 is 0 Å². The first-order valence-electron chi connectivity index (χ1n) is 5.19. The molecule has 0 bridgehead atoms. The highest BCUT2D eigenvalue weighted by Gasteiger charge is 2.13. The van der Waals surface area contributed by atoms with Gasteiger partial charge in [-0.3, -0.25) is 4.79 Å². The van der Waals surface area contributed by atoms with Crippen LogP contribution in [0.1, 0.15) is 10.4 Å². The Hall–Kier alpha value is -0.660. The van der Waals surface area contributed by atoms with Gasteiger partial charge in [-0.1, -0.05) is 27.5 Å². The SMILES string of the molecule is O=C(Nc1ccc(I)cc1F)c1cc(Br)ccc1Cl. The van der Waals surface area contributed by atoms with Crippen LogP contribution in [0.15, 0.2) is 40.9 Å². The second-order valence-electron chi connectivity index (χ2n) is 3.70. The Balaban J connectivity index is 2.28. The number of carbonyl (C=O) groups excluding carboxylic acids is 1. The van der Waals surface area contributed by atoms with Gasteiger partial charge in [-0.25, -0.2) is 4.39 Å². The summed E-state index contributed by atoms with van der Waals surface area (Å²) >= 11 is 11.2. The molecule has 0 aliphatic rings. The smallest absolute Gasteiger partial charge is 0.257 e. The minimum Gasteiger partial charge on any atom is -0.319 e. The Morgan fingerprint density at radius 1 is 1.26 bits per heavy atom. The first-order chi connectivity index (χ1) is 8.97. The monoisotopic (exact) mass is 453 g/mol. The molecule has 0 heterocycles. The molecule has 98 valence electrons. The van der Waals surface area contributed by atoms with E-state index in [4.69, 9.17) is 11.6 Å². The third-order valence-corrected chi connectivity index (χ3v) is 3.85. The van der Waals surface area contributed by atoms with Crippen LogP contribution in [0, 0.1) is 9.39 Å². The molecule has 0 atom stereocenters. The zero-order valence-electron chi connectivity index (χ0n) is 9.38. The lowest BCUT2D eigenvalue weighted by atomic mass is 10.2. The van der Waals surface area contributed by atoms with E-state index >= 15 is 0 Å². The molecule has 0 aromatic heterocycles. The van der Waals surface area contributed by atoms with Crippen LogP contribution in [0.2, 0.25) is 5.02 Å².